The van der Waals surface area contributed by atoms with Crippen LogP contribution in [-0.2, 0) is 21.2 Å². The van der Waals surface area contributed by atoms with Crippen molar-refractivity contribution in [3.05, 3.63) is 64.9 Å². The fourth-order valence-corrected chi connectivity index (χ4v) is 3.82. The van der Waals surface area contributed by atoms with Crippen molar-refractivity contribution in [2.24, 2.45) is 5.92 Å². The Balaban J connectivity index is 2.02. The standard InChI is InChI=1S/C20H24ClFN2O3S/c1-3-15(11-16-7-5-4-6-8-16)13-23-20(25)14-24(28(2,26)27)17-9-10-19(22)18(21)12-17/h4-10,12,15H,3,11,13-14H2,1-2H3,(H,23,25). The van der Waals surface area contributed by atoms with E-state index in [-0.39, 0.29) is 16.6 Å². The first kappa shape index (κ1) is 22.2. The smallest absolute Gasteiger partial charge is 0.240 e. The van der Waals surface area contributed by atoms with E-state index in [1.54, 1.807) is 0 Å². The van der Waals surface area contributed by atoms with Crippen molar-refractivity contribution in [2.45, 2.75) is 19.8 Å². The summed E-state index contributed by atoms with van der Waals surface area (Å²) in [6, 6.07) is 13.5. The van der Waals surface area contributed by atoms with Gasteiger partial charge in [-0.05, 0) is 36.1 Å². The van der Waals surface area contributed by atoms with Crippen LogP contribution in [0.2, 0.25) is 5.02 Å². The fraction of sp³-hybridized carbons (Fsp3) is 0.350. The monoisotopic (exact) mass is 426 g/mol. The molecule has 1 amide bonds. The predicted octanol–water partition coefficient (Wildman–Crippen LogP) is 3.63. The van der Waals surface area contributed by atoms with Crippen LogP contribution in [0.1, 0.15) is 18.9 Å². The van der Waals surface area contributed by atoms with Gasteiger partial charge < -0.3 is 5.32 Å². The van der Waals surface area contributed by atoms with Crippen LogP contribution in [-0.4, -0.2) is 33.7 Å². The molecule has 0 radical (unpaired) electrons. The number of carbonyl (C=O) groups is 1. The summed E-state index contributed by atoms with van der Waals surface area (Å²) in [5.41, 5.74) is 1.32. The van der Waals surface area contributed by atoms with Gasteiger partial charge in [-0.2, -0.15) is 0 Å². The Bertz CT molecular complexity index is 907. The topological polar surface area (TPSA) is 66.5 Å². The van der Waals surface area contributed by atoms with E-state index in [1.165, 1.54) is 17.7 Å². The summed E-state index contributed by atoms with van der Waals surface area (Å²) in [5.74, 6) is -0.856. The zero-order valence-corrected chi connectivity index (χ0v) is 17.4. The molecule has 28 heavy (non-hydrogen) atoms. The minimum Gasteiger partial charge on any atom is -0.354 e. The summed E-state index contributed by atoms with van der Waals surface area (Å²) in [6.45, 7) is 2.08. The van der Waals surface area contributed by atoms with Crippen molar-refractivity contribution < 1.29 is 17.6 Å². The van der Waals surface area contributed by atoms with Crippen LogP contribution in [0.3, 0.4) is 0 Å². The lowest BCUT2D eigenvalue weighted by atomic mass is 9.97. The van der Waals surface area contributed by atoms with E-state index < -0.39 is 28.3 Å². The highest BCUT2D eigenvalue weighted by Gasteiger charge is 2.22. The van der Waals surface area contributed by atoms with Crippen molar-refractivity contribution in [3.8, 4) is 0 Å². The van der Waals surface area contributed by atoms with Crippen LogP contribution >= 0.6 is 11.6 Å². The highest BCUT2D eigenvalue weighted by atomic mass is 35.5. The van der Waals surface area contributed by atoms with Gasteiger partial charge in [-0.1, -0.05) is 55.3 Å². The molecule has 152 valence electrons. The molecule has 2 aromatic carbocycles. The number of sulfonamides is 1. The zero-order chi connectivity index (χ0) is 20.7. The third-order valence-electron chi connectivity index (χ3n) is 4.41. The number of rotatable bonds is 9. The van der Waals surface area contributed by atoms with E-state index in [1.807, 2.05) is 37.3 Å². The molecule has 0 aromatic heterocycles. The van der Waals surface area contributed by atoms with Crippen LogP contribution in [0.4, 0.5) is 10.1 Å². The Labute approximate surface area is 170 Å². The number of nitrogens with one attached hydrogen (secondary N) is 1. The molecule has 0 saturated heterocycles. The van der Waals surface area contributed by atoms with E-state index in [4.69, 9.17) is 11.6 Å². The van der Waals surface area contributed by atoms with Gasteiger partial charge in [0.2, 0.25) is 15.9 Å². The normalized spacial score (nSPS) is 12.4. The van der Waals surface area contributed by atoms with Crippen LogP contribution in [0.25, 0.3) is 0 Å². The molecule has 0 saturated carbocycles. The molecule has 0 aliphatic rings. The second-order valence-corrected chi connectivity index (χ2v) is 8.95. The van der Waals surface area contributed by atoms with Gasteiger partial charge >= 0.3 is 0 Å². The maximum absolute atomic E-state index is 13.4. The van der Waals surface area contributed by atoms with Gasteiger partial charge in [-0.3, -0.25) is 9.10 Å². The van der Waals surface area contributed by atoms with Crippen LogP contribution < -0.4 is 9.62 Å². The van der Waals surface area contributed by atoms with Gasteiger partial charge in [0.05, 0.1) is 17.0 Å². The second kappa shape index (κ2) is 9.89. The lowest BCUT2D eigenvalue weighted by molar-refractivity contribution is -0.119. The van der Waals surface area contributed by atoms with E-state index in [2.05, 4.69) is 5.32 Å². The average molecular weight is 427 g/mol. The van der Waals surface area contributed by atoms with E-state index in [0.717, 1.165) is 29.5 Å². The summed E-state index contributed by atoms with van der Waals surface area (Å²) < 4.78 is 38.5. The number of amides is 1. The largest absolute Gasteiger partial charge is 0.354 e. The van der Waals surface area contributed by atoms with Gasteiger partial charge in [0, 0.05) is 6.54 Å². The lowest BCUT2D eigenvalue weighted by Crippen LogP contribution is -2.41. The molecule has 0 aliphatic heterocycles. The Morgan fingerprint density at radius 1 is 1.21 bits per heavy atom. The number of hydrogen-bond donors (Lipinski definition) is 1. The third-order valence-corrected chi connectivity index (χ3v) is 5.84. The lowest BCUT2D eigenvalue weighted by Gasteiger charge is -2.23. The van der Waals surface area contributed by atoms with Crippen molar-refractivity contribution in [2.75, 3.05) is 23.7 Å². The molecule has 0 spiro atoms. The van der Waals surface area contributed by atoms with E-state index >= 15 is 0 Å². The van der Waals surface area contributed by atoms with Crippen molar-refractivity contribution in [3.63, 3.8) is 0 Å². The molecular formula is C20H24ClFN2O3S. The highest BCUT2D eigenvalue weighted by Crippen LogP contribution is 2.24. The Kier molecular flexibility index (Phi) is 7.83. The van der Waals surface area contributed by atoms with Gasteiger partial charge in [0.1, 0.15) is 12.4 Å². The van der Waals surface area contributed by atoms with Gasteiger partial charge in [-0.15, -0.1) is 0 Å². The summed E-state index contributed by atoms with van der Waals surface area (Å²) in [5, 5.41) is 2.59. The summed E-state index contributed by atoms with van der Waals surface area (Å²) in [4.78, 5) is 12.4. The van der Waals surface area contributed by atoms with Gasteiger partial charge in [0.25, 0.3) is 0 Å². The molecule has 2 rings (SSSR count). The first-order valence-corrected chi connectivity index (χ1v) is 11.2. The number of halogens is 2. The Morgan fingerprint density at radius 2 is 1.89 bits per heavy atom. The van der Waals surface area contributed by atoms with Crippen LogP contribution in [0, 0.1) is 11.7 Å². The van der Waals surface area contributed by atoms with Crippen LogP contribution in [0.15, 0.2) is 48.5 Å². The fourth-order valence-electron chi connectivity index (χ4n) is 2.79. The highest BCUT2D eigenvalue weighted by molar-refractivity contribution is 7.92. The Hall–Kier alpha value is -2.12. The SMILES string of the molecule is CCC(CNC(=O)CN(c1ccc(F)c(Cl)c1)S(C)(=O)=O)Cc1ccccc1. The summed E-state index contributed by atoms with van der Waals surface area (Å²) in [6.07, 6.45) is 2.68. The molecule has 1 atom stereocenters. The quantitative estimate of drug-likeness (QED) is 0.665. The van der Waals surface area contributed by atoms with Crippen molar-refractivity contribution in [1.82, 2.24) is 5.32 Å². The van der Waals surface area contributed by atoms with Crippen molar-refractivity contribution in [1.29, 1.82) is 0 Å². The molecule has 0 aliphatic carbocycles. The van der Waals surface area contributed by atoms with E-state index in [0.29, 0.717) is 6.54 Å². The van der Waals surface area contributed by atoms with Gasteiger partial charge in [0.15, 0.2) is 0 Å². The van der Waals surface area contributed by atoms with E-state index in [9.17, 15) is 17.6 Å². The number of hydrogen-bond acceptors (Lipinski definition) is 3. The second-order valence-electron chi connectivity index (χ2n) is 6.64. The zero-order valence-electron chi connectivity index (χ0n) is 15.9. The first-order valence-electron chi connectivity index (χ1n) is 8.94. The summed E-state index contributed by atoms with van der Waals surface area (Å²) in [7, 11) is -3.74. The number of benzene rings is 2. The summed E-state index contributed by atoms with van der Waals surface area (Å²) >= 11 is 5.75. The first-order chi connectivity index (χ1) is 13.2. The maximum atomic E-state index is 13.4. The molecule has 2 aromatic rings. The molecule has 0 bridgehead atoms. The molecule has 5 nitrogen and oxygen atoms in total. The van der Waals surface area contributed by atoms with Gasteiger partial charge in [-0.25, -0.2) is 12.8 Å². The minimum atomic E-state index is -3.74. The molecule has 0 fully saturated rings. The molecule has 1 N–H and O–H groups in total. The molecular weight excluding hydrogens is 403 g/mol. The minimum absolute atomic E-state index is 0.139. The Morgan fingerprint density at radius 3 is 2.46 bits per heavy atom. The molecule has 8 heteroatoms. The third kappa shape index (κ3) is 6.49. The predicted molar refractivity (Wildman–Crippen MR) is 111 cm³/mol. The number of nitrogens with zero attached hydrogens (tertiary/aromatic N) is 1. The average Bonchev–Trinajstić information content (AvgIpc) is 2.65. The molecule has 0 heterocycles. The molecule has 1 unspecified atom stereocenters. The van der Waals surface area contributed by atoms with Crippen molar-refractivity contribution >= 4 is 33.2 Å². The maximum Gasteiger partial charge on any atom is 0.240 e. The number of carbonyl (C=O) groups excluding carboxylic acids is 1. The van der Waals surface area contributed by atoms with Crippen LogP contribution in [0.5, 0.6) is 0 Å². The number of anilines is 1.